The Hall–Kier alpha value is -0.870. The summed E-state index contributed by atoms with van der Waals surface area (Å²) in [6, 6.07) is 2.04. The van der Waals surface area contributed by atoms with Crippen molar-refractivity contribution < 1.29 is 4.79 Å². The van der Waals surface area contributed by atoms with Crippen LogP contribution in [0.15, 0.2) is 6.07 Å². The Kier molecular flexibility index (Phi) is 6.22. The normalized spacial score (nSPS) is 10.5. The number of hydrogen-bond acceptors (Lipinski definition) is 3. The second-order valence-corrected chi connectivity index (χ2v) is 5.20. The van der Waals surface area contributed by atoms with E-state index in [0.29, 0.717) is 13.1 Å². The van der Waals surface area contributed by atoms with Crippen LogP contribution in [0.25, 0.3) is 0 Å². The quantitative estimate of drug-likeness (QED) is 0.734. The highest BCUT2D eigenvalue weighted by Gasteiger charge is 2.12. The molecule has 0 bridgehead atoms. The van der Waals surface area contributed by atoms with Crippen LogP contribution < -0.4 is 11.1 Å². The van der Waals surface area contributed by atoms with E-state index in [1.54, 1.807) is 11.3 Å². The van der Waals surface area contributed by atoms with Crippen LogP contribution in [-0.4, -0.2) is 19.0 Å². The fourth-order valence-corrected chi connectivity index (χ4v) is 2.98. The molecule has 0 saturated heterocycles. The molecule has 1 amide bonds. The van der Waals surface area contributed by atoms with E-state index in [0.717, 1.165) is 30.6 Å². The maximum Gasteiger partial charge on any atom is 0.261 e. The van der Waals surface area contributed by atoms with E-state index < -0.39 is 0 Å². The summed E-state index contributed by atoms with van der Waals surface area (Å²) >= 11 is 1.63. The van der Waals surface area contributed by atoms with Gasteiger partial charge in [0.25, 0.3) is 5.91 Å². The minimum atomic E-state index is 0.0421. The maximum absolute atomic E-state index is 11.9. The van der Waals surface area contributed by atoms with Gasteiger partial charge in [0, 0.05) is 11.4 Å². The van der Waals surface area contributed by atoms with Crippen molar-refractivity contribution in [2.75, 3.05) is 13.1 Å². The van der Waals surface area contributed by atoms with E-state index in [1.165, 1.54) is 10.4 Å². The molecule has 3 nitrogen and oxygen atoms in total. The summed E-state index contributed by atoms with van der Waals surface area (Å²) in [7, 11) is 0. The number of aryl methyl sites for hydroxylation is 2. The summed E-state index contributed by atoms with van der Waals surface area (Å²) in [5, 5.41) is 2.90. The van der Waals surface area contributed by atoms with Gasteiger partial charge in [-0.3, -0.25) is 4.79 Å². The van der Waals surface area contributed by atoms with Gasteiger partial charge in [-0.25, -0.2) is 0 Å². The van der Waals surface area contributed by atoms with Crippen molar-refractivity contribution in [2.45, 2.75) is 39.5 Å². The SMILES string of the molecule is CCCc1sc(C(=O)NCCCN)cc1CC. The second-order valence-electron chi connectivity index (χ2n) is 4.06. The molecule has 1 heterocycles. The van der Waals surface area contributed by atoms with E-state index in [4.69, 9.17) is 5.73 Å². The minimum Gasteiger partial charge on any atom is -0.351 e. The van der Waals surface area contributed by atoms with Gasteiger partial charge in [-0.05, 0) is 37.4 Å². The zero-order chi connectivity index (χ0) is 12.7. The molecule has 0 radical (unpaired) electrons. The van der Waals surface area contributed by atoms with Gasteiger partial charge >= 0.3 is 0 Å². The first kappa shape index (κ1) is 14.2. The fourth-order valence-electron chi connectivity index (χ4n) is 1.71. The van der Waals surface area contributed by atoms with Crippen LogP contribution in [0.4, 0.5) is 0 Å². The minimum absolute atomic E-state index is 0.0421. The molecular formula is C13H22N2OS. The molecular weight excluding hydrogens is 232 g/mol. The number of hydrogen-bond donors (Lipinski definition) is 2. The molecule has 0 saturated carbocycles. The van der Waals surface area contributed by atoms with Gasteiger partial charge in [0.15, 0.2) is 0 Å². The van der Waals surface area contributed by atoms with Crippen molar-refractivity contribution in [3.05, 3.63) is 21.4 Å². The van der Waals surface area contributed by atoms with Crippen LogP contribution in [-0.2, 0) is 12.8 Å². The first-order valence-corrected chi connectivity index (χ1v) is 7.14. The highest BCUT2D eigenvalue weighted by Crippen LogP contribution is 2.24. The Balaban J connectivity index is 2.66. The van der Waals surface area contributed by atoms with Crippen LogP contribution in [0.1, 0.15) is 46.8 Å². The third-order valence-electron chi connectivity index (χ3n) is 2.64. The third-order valence-corrected chi connectivity index (χ3v) is 3.88. The second kappa shape index (κ2) is 7.45. The number of rotatable bonds is 7. The largest absolute Gasteiger partial charge is 0.351 e. The van der Waals surface area contributed by atoms with Gasteiger partial charge in [0.1, 0.15) is 0 Å². The molecule has 0 aliphatic heterocycles. The van der Waals surface area contributed by atoms with Crippen molar-refractivity contribution >= 4 is 17.2 Å². The average Bonchev–Trinajstić information content (AvgIpc) is 2.73. The fraction of sp³-hybridized carbons (Fsp3) is 0.615. The van der Waals surface area contributed by atoms with Gasteiger partial charge in [0.2, 0.25) is 0 Å². The Morgan fingerprint density at radius 3 is 2.82 bits per heavy atom. The van der Waals surface area contributed by atoms with Crippen LogP contribution in [0.3, 0.4) is 0 Å². The molecule has 1 aromatic rings. The van der Waals surface area contributed by atoms with E-state index >= 15 is 0 Å². The van der Waals surface area contributed by atoms with E-state index in [2.05, 4.69) is 19.2 Å². The molecule has 1 rings (SSSR count). The summed E-state index contributed by atoms with van der Waals surface area (Å²) in [5.41, 5.74) is 6.71. The Morgan fingerprint density at radius 2 is 2.24 bits per heavy atom. The molecule has 0 aliphatic carbocycles. The van der Waals surface area contributed by atoms with E-state index in [-0.39, 0.29) is 5.91 Å². The number of carbonyl (C=O) groups is 1. The molecule has 3 N–H and O–H groups in total. The summed E-state index contributed by atoms with van der Waals surface area (Å²) in [4.78, 5) is 14.1. The average molecular weight is 254 g/mol. The monoisotopic (exact) mass is 254 g/mol. The van der Waals surface area contributed by atoms with E-state index in [9.17, 15) is 4.79 Å². The first-order valence-electron chi connectivity index (χ1n) is 6.32. The molecule has 0 atom stereocenters. The number of thiophene rings is 1. The van der Waals surface area contributed by atoms with Crippen molar-refractivity contribution in [2.24, 2.45) is 5.73 Å². The molecule has 0 spiro atoms. The standard InChI is InChI=1S/C13H22N2OS/c1-3-6-11-10(4-2)9-12(17-11)13(16)15-8-5-7-14/h9H,3-8,14H2,1-2H3,(H,15,16). The summed E-state index contributed by atoms with van der Waals surface area (Å²) in [5.74, 6) is 0.0421. The van der Waals surface area contributed by atoms with Gasteiger partial charge in [-0.2, -0.15) is 0 Å². The predicted octanol–water partition coefficient (Wildman–Crippen LogP) is 2.34. The number of amides is 1. The van der Waals surface area contributed by atoms with Crippen molar-refractivity contribution in [3.63, 3.8) is 0 Å². The number of nitrogens with one attached hydrogen (secondary N) is 1. The molecule has 0 aromatic carbocycles. The molecule has 0 unspecified atom stereocenters. The summed E-state index contributed by atoms with van der Waals surface area (Å²) in [6.07, 6.45) is 4.03. The number of nitrogens with two attached hydrogens (primary N) is 1. The van der Waals surface area contributed by atoms with Crippen molar-refractivity contribution in [3.8, 4) is 0 Å². The topological polar surface area (TPSA) is 55.1 Å². The van der Waals surface area contributed by atoms with E-state index in [1.807, 2.05) is 6.07 Å². The molecule has 17 heavy (non-hydrogen) atoms. The maximum atomic E-state index is 11.9. The third kappa shape index (κ3) is 4.13. The van der Waals surface area contributed by atoms with Gasteiger partial charge in [0.05, 0.1) is 4.88 Å². The van der Waals surface area contributed by atoms with Crippen LogP contribution in [0, 0.1) is 0 Å². The lowest BCUT2D eigenvalue weighted by atomic mass is 10.1. The van der Waals surface area contributed by atoms with Gasteiger partial charge in [-0.15, -0.1) is 11.3 Å². The smallest absolute Gasteiger partial charge is 0.261 e. The van der Waals surface area contributed by atoms with Gasteiger partial charge < -0.3 is 11.1 Å². The zero-order valence-electron chi connectivity index (χ0n) is 10.7. The lowest BCUT2D eigenvalue weighted by Gasteiger charge is -2.00. The molecule has 0 aliphatic rings. The predicted molar refractivity (Wildman–Crippen MR) is 73.7 cm³/mol. The molecule has 1 aromatic heterocycles. The molecule has 96 valence electrons. The summed E-state index contributed by atoms with van der Waals surface area (Å²) in [6.45, 7) is 5.58. The van der Waals surface area contributed by atoms with Crippen molar-refractivity contribution in [1.29, 1.82) is 0 Å². The molecule has 4 heteroatoms. The Labute approximate surface area is 107 Å². The Morgan fingerprint density at radius 1 is 1.47 bits per heavy atom. The highest BCUT2D eigenvalue weighted by atomic mass is 32.1. The summed E-state index contributed by atoms with van der Waals surface area (Å²) < 4.78 is 0. The molecule has 0 fully saturated rings. The lowest BCUT2D eigenvalue weighted by Crippen LogP contribution is -2.25. The van der Waals surface area contributed by atoms with Crippen LogP contribution in [0.5, 0.6) is 0 Å². The first-order chi connectivity index (χ1) is 8.22. The Bertz CT molecular complexity index is 360. The highest BCUT2D eigenvalue weighted by molar-refractivity contribution is 7.14. The van der Waals surface area contributed by atoms with Crippen LogP contribution in [0.2, 0.25) is 0 Å². The zero-order valence-corrected chi connectivity index (χ0v) is 11.5. The lowest BCUT2D eigenvalue weighted by molar-refractivity contribution is 0.0957. The van der Waals surface area contributed by atoms with Gasteiger partial charge in [-0.1, -0.05) is 20.3 Å². The van der Waals surface area contributed by atoms with Crippen LogP contribution >= 0.6 is 11.3 Å². The van der Waals surface area contributed by atoms with Crippen molar-refractivity contribution in [1.82, 2.24) is 5.32 Å². The number of carbonyl (C=O) groups excluding carboxylic acids is 1.